The molecule has 3 rings (SSSR count). The number of aryl methyl sites for hydroxylation is 1. The van der Waals surface area contributed by atoms with Crippen molar-refractivity contribution < 1.29 is 4.74 Å². The average molecular weight is 290 g/mol. The number of rotatable bonds is 3. The maximum Gasteiger partial charge on any atom is 0.235 e. The van der Waals surface area contributed by atoms with Crippen LogP contribution in [0.5, 0.6) is 11.6 Å². The molecule has 0 saturated carbocycles. The molecule has 0 aliphatic rings. The highest BCUT2D eigenvalue weighted by Crippen LogP contribution is 2.32. The number of benzene rings is 1. The second-order valence-electron chi connectivity index (χ2n) is 4.27. The molecule has 2 aromatic heterocycles. The van der Waals surface area contributed by atoms with Crippen LogP contribution in [-0.4, -0.2) is 27.2 Å². The molecule has 0 fully saturated rings. The third-order valence-electron chi connectivity index (χ3n) is 2.79. The zero-order valence-corrected chi connectivity index (χ0v) is 11.7. The molecule has 0 amide bonds. The number of halogens is 1. The third-order valence-corrected chi connectivity index (χ3v) is 3.10. The molecule has 1 aromatic carbocycles. The molecular formula is C13H12ClN5O. The van der Waals surface area contributed by atoms with Crippen LogP contribution >= 0.6 is 11.6 Å². The molecule has 20 heavy (non-hydrogen) atoms. The van der Waals surface area contributed by atoms with E-state index >= 15 is 0 Å². The Hall–Kier alpha value is -2.34. The minimum atomic E-state index is 0.403. The van der Waals surface area contributed by atoms with E-state index in [0.29, 0.717) is 33.6 Å². The molecular weight excluding hydrogens is 278 g/mol. The van der Waals surface area contributed by atoms with Crippen LogP contribution in [0, 0.1) is 6.92 Å². The molecule has 0 atom stereocenters. The van der Waals surface area contributed by atoms with Crippen LogP contribution in [0.3, 0.4) is 0 Å². The Bertz CT molecular complexity index is 771. The smallest absolute Gasteiger partial charge is 0.235 e. The predicted molar refractivity (Wildman–Crippen MR) is 77.5 cm³/mol. The summed E-state index contributed by atoms with van der Waals surface area (Å²) in [4.78, 5) is 8.54. The molecule has 7 heteroatoms. The van der Waals surface area contributed by atoms with E-state index in [1.54, 1.807) is 19.3 Å². The van der Waals surface area contributed by atoms with Gasteiger partial charge < -0.3 is 10.1 Å². The Morgan fingerprint density at radius 1 is 1.30 bits per heavy atom. The fourth-order valence-corrected chi connectivity index (χ4v) is 1.95. The first-order valence-electron chi connectivity index (χ1n) is 6.00. The first-order valence-corrected chi connectivity index (χ1v) is 6.38. The van der Waals surface area contributed by atoms with Gasteiger partial charge in [0.2, 0.25) is 11.8 Å². The highest BCUT2D eigenvalue weighted by atomic mass is 35.5. The van der Waals surface area contributed by atoms with Crippen LogP contribution in [-0.2, 0) is 0 Å². The van der Waals surface area contributed by atoms with Gasteiger partial charge in [-0.05, 0) is 24.6 Å². The Morgan fingerprint density at radius 3 is 2.95 bits per heavy atom. The standard InChI is InChI=1S/C13H12ClN5O/c1-7-3-4-9(14)10(5-7)20-12-8-6-16-19-11(8)17-13(15-2)18-12/h3-6H,1-2H3,(H2,15,16,17,18,19). The van der Waals surface area contributed by atoms with Crippen molar-refractivity contribution in [1.29, 1.82) is 0 Å². The lowest BCUT2D eigenvalue weighted by molar-refractivity contribution is 0.469. The van der Waals surface area contributed by atoms with E-state index in [0.717, 1.165) is 5.56 Å². The number of hydrogen-bond donors (Lipinski definition) is 2. The molecule has 0 spiro atoms. The largest absolute Gasteiger partial charge is 0.436 e. The number of ether oxygens (including phenoxy) is 1. The highest BCUT2D eigenvalue weighted by molar-refractivity contribution is 6.32. The van der Waals surface area contributed by atoms with E-state index in [1.165, 1.54) is 0 Å². The van der Waals surface area contributed by atoms with Crippen LogP contribution in [0.15, 0.2) is 24.4 Å². The molecule has 0 saturated heterocycles. The number of nitrogens with one attached hydrogen (secondary N) is 2. The molecule has 2 heterocycles. The maximum atomic E-state index is 6.14. The van der Waals surface area contributed by atoms with Crippen molar-refractivity contribution in [2.24, 2.45) is 0 Å². The molecule has 3 aromatic rings. The Kier molecular flexibility index (Phi) is 3.15. The summed E-state index contributed by atoms with van der Waals surface area (Å²) in [5.74, 6) is 1.40. The van der Waals surface area contributed by atoms with E-state index in [9.17, 15) is 0 Å². The lowest BCUT2D eigenvalue weighted by Crippen LogP contribution is -1.99. The summed E-state index contributed by atoms with van der Waals surface area (Å²) in [5, 5.41) is 10.8. The van der Waals surface area contributed by atoms with Gasteiger partial charge in [0.1, 0.15) is 11.1 Å². The van der Waals surface area contributed by atoms with Crippen LogP contribution in [0.1, 0.15) is 5.56 Å². The summed E-state index contributed by atoms with van der Waals surface area (Å²) in [7, 11) is 1.74. The van der Waals surface area contributed by atoms with Gasteiger partial charge in [-0.1, -0.05) is 17.7 Å². The third kappa shape index (κ3) is 2.25. The number of aromatic amines is 1. The number of fused-ring (bicyclic) bond motifs is 1. The molecule has 102 valence electrons. The van der Waals surface area contributed by atoms with Gasteiger partial charge in [-0.15, -0.1) is 0 Å². The molecule has 0 unspecified atom stereocenters. The Morgan fingerprint density at radius 2 is 2.15 bits per heavy atom. The molecule has 0 aliphatic carbocycles. The molecule has 2 N–H and O–H groups in total. The fraction of sp³-hybridized carbons (Fsp3) is 0.154. The maximum absolute atomic E-state index is 6.14. The lowest BCUT2D eigenvalue weighted by Gasteiger charge is -2.09. The van der Waals surface area contributed by atoms with Crippen molar-refractivity contribution >= 4 is 28.6 Å². The van der Waals surface area contributed by atoms with Crippen molar-refractivity contribution in [3.05, 3.63) is 35.0 Å². The van der Waals surface area contributed by atoms with Crippen molar-refractivity contribution in [1.82, 2.24) is 20.2 Å². The summed E-state index contributed by atoms with van der Waals surface area (Å²) < 4.78 is 5.82. The van der Waals surface area contributed by atoms with Gasteiger partial charge in [0.15, 0.2) is 5.65 Å². The molecule has 0 aliphatic heterocycles. The normalized spacial score (nSPS) is 10.8. The van der Waals surface area contributed by atoms with Gasteiger partial charge in [0.25, 0.3) is 0 Å². The minimum absolute atomic E-state index is 0.403. The van der Waals surface area contributed by atoms with Crippen LogP contribution in [0.25, 0.3) is 11.0 Å². The molecule has 6 nitrogen and oxygen atoms in total. The molecule has 0 radical (unpaired) electrons. The number of H-pyrrole nitrogens is 1. The van der Waals surface area contributed by atoms with Crippen molar-refractivity contribution in [2.45, 2.75) is 6.92 Å². The van der Waals surface area contributed by atoms with Gasteiger partial charge in [-0.3, -0.25) is 5.10 Å². The predicted octanol–water partition coefficient (Wildman–Crippen LogP) is 3.15. The highest BCUT2D eigenvalue weighted by Gasteiger charge is 2.12. The van der Waals surface area contributed by atoms with E-state index in [2.05, 4.69) is 25.5 Å². The summed E-state index contributed by atoms with van der Waals surface area (Å²) in [6.45, 7) is 1.97. The summed E-state index contributed by atoms with van der Waals surface area (Å²) in [6, 6.07) is 5.57. The van der Waals surface area contributed by atoms with Gasteiger partial charge in [0.05, 0.1) is 11.2 Å². The van der Waals surface area contributed by atoms with E-state index in [-0.39, 0.29) is 0 Å². The van der Waals surface area contributed by atoms with Gasteiger partial charge in [0, 0.05) is 7.05 Å². The van der Waals surface area contributed by atoms with Gasteiger partial charge in [-0.25, -0.2) is 0 Å². The minimum Gasteiger partial charge on any atom is -0.436 e. The van der Waals surface area contributed by atoms with E-state index in [1.807, 2.05) is 19.1 Å². The summed E-state index contributed by atoms with van der Waals surface area (Å²) in [5.41, 5.74) is 1.65. The number of nitrogens with zero attached hydrogens (tertiary/aromatic N) is 3. The van der Waals surface area contributed by atoms with Crippen molar-refractivity contribution in [3.8, 4) is 11.6 Å². The number of aromatic nitrogens is 4. The second-order valence-corrected chi connectivity index (χ2v) is 4.68. The first-order chi connectivity index (χ1) is 9.67. The van der Waals surface area contributed by atoms with Crippen molar-refractivity contribution in [3.63, 3.8) is 0 Å². The topological polar surface area (TPSA) is 75.7 Å². The van der Waals surface area contributed by atoms with E-state index < -0.39 is 0 Å². The first kappa shape index (κ1) is 12.7. The zero-order chi connectivity index (χ0) is 14.1. The second kappa shape index (κ2) is 4.97. The SMILES string of the molecule is CNc1nc(Oc2cc(C)ccc2Cl)c2cn[nH]c2n1. The Balaban J connectivity index is 2.09. The lowest BCUT2D eigenvalue weighted by atomic mass is 10.2. The monoisotopic (exact) mass is 289 g/mol. The average Bonchev–Trinajstić information content (AvgIpc) is 2.91. The number of anilines is 1. The van der Waals surface area contributed by atoms with Gasteiger partial charge >= 0.3 is 0 Å². The van der Waals surface area contributed by atoms with Crippen LogP contribution in [0.4, 0.5) is 5.95 Å². The fourth-order valence-electron chi connectivity index (χ4n) is 1.79. The van der Waals surface area contributed by atoms with Crippen LogP contribution < -0.4 is 10.1 Å². The number of hydrogen-bond acceptors (Lipinski definition) is 5. The Labute approximate surface area is 120 Å². The van der Waals surface area contributed by atoms with Gasteiger partial charge in [-0.2, -0.15) is 15.1 Å². The van der Waals surface area contributed by atoms with Crippen LogP contribution in [0.2, 0.25) is 5.02 Å². The summed E-state index contributed by atoms with van der Waals surface area (Å²) in [6.07, 6.45) is 1.62. The quantitative estimate of drug-likeness (QED) is 0.774. The van der Waals surface area contributed by atoms with E-state index in [4.69, 9.17) is 16.3 Å². The summed E-state index contributed by atoms with van der Waals surface area (Å²) >= 11 is 6.14. The van der Waals surface area contributed by atoms with Crippen molar-refractivity contribution in [2.75, 3.05) is 12.4 Å². The zero-order valence-electron chi connectivity index (χ0n) is 10.9. The molecule has 0 bridgehead atoms.